The predicted molar refractivity (Wildman–Crippen MR) is 48.7 cm³/mol. The minimum atomic E-state index is -0.915. The van der Waals surface area contributed by atoms with Gasteiger partial charge in [-0.2, -0.15) is 0 Å². The summed E-state index contributed by atoms with van der Waals surface area (Å²) in [5.41, 5.74) is 1.83. The molecule has 1 aromatic rings. The highest BCUT2D eigenvalue weighted by atomic mass is 16.4. The lowest BCUT2D eigenvalue weighted by Gasteiger charge is -2.04. The van der Waals surface area contributed by atoms with Crippen molar-refractivity contribution in [2.45, 2.75) is 20.0 Å². The number of benzene rings is 1. The average Bonchev–Trinajstić information content (AvgIpc) is 2.16. The molecule has 0 spiro atoms. The lowest BCUT2D eigenvalue weighted by atomic mass is 10.0. The van der Waals surface area contributed by atoms with Gasteiger partial charge in [-0.1, -0.05) is 19.1 Å². The summed E-state index contributed by atoms with van der Waals surface area (Å²) in [6.45, 7) is 1.84. The Morgan fingerprint density at radius 1 is 1.46 bits per heavy atom. The fourth-order valence-corrected chi connectivity index (χ4v) is 1.25. The summed E-state index contributed by atoms with van der Waals surface area (Å²) in [4.78, 5) is 10.7. The minimum Gasteiger partial charge on any atom is -0.478 e. The summed E-state index contributed by atoms with van der Waals surface area (Å²) < 4.78 is 0. The number of hydrogen-bond donors (Lipinski definition) is 2. The van der Waals surface area contributed by atoms with Crippen LogP contribution in [0.4, 0.5) is 0 Å². The van der Waals surface area contributed by atoms with Crippen molar-refractivity contribution in [1.82, 2.24) is 0 Å². The maximum absolute atomic E-state index is 10.7. The number of aromatic carboxylic acids is 1. The summed E-state index contributed by atoms with van der Waals surface area (Å²) in [6.07, 6.45) is 0.662. The highest BCUT2D eigenvalue weighted by Gasteiger charge is 2.08. The molecule has 3 nitrogen and oxygen atoms in total. The zero-order valence-electron chi connectivity index (χ0n) is 7.45. The largest absolute Gasteiger partial charge is 0.478 e. The first-order valence-electron chi connectivity index (χ1n) is 4.15. The van der Waals surface area contributed by atoms with Gasteiger partial charge in [0.05, 0.1) is 12.2 Å². The maximum Gasteiger partial charge on any atom is 0.335 e. The Morgan fingerprint density at radius 3 is 2.62 bits per heavy atom. The van der Waals surface area contributed by atoms with E-state index in [9.17, 15) is 4.79 Å². The molecule has 13 heavy (non-hydrogen) atoms. The second-order valence-electron chi connectivity index (χ2n) is 2.81. The molecule has 0 unspecified atom stereocenters. The lowest BCUT2D eigenvalue weighted by Crippen LogP contribution is -2.02. The molecule has 0 heterocycles. The number of aliphatic hydroxyl groups is 1. The number of rotatable bonds is 3. The number of hydrogen-bond acceptors (Lipinski definition) is 2. The van der Waals surface area contributed by atoms with E-state index >= 15 is 0 Å². The molecule has 0 aromatic heterocycles. The molecule has 1 aromatic carbocycles. The van der Waals surface area contributed by atoms with E-state index in [1.807, 2.05) is 6.92 Å². The predicted octanol–water partition coefficient (Wildman–Crippen LogP) is 1.44. The average molecular weight is 180 g/mol. The number of aryl methyl sites for hydroxylation is 1. The topological polar surface area (TPSA) is 57.5 Å². The standard InChI is InChI=1S/C10H12O3/c1-2-8-5-7(6-11)3-4-9(8)10(12)13/h3-5,11H,2,6H2,1H3,(H,12,13). The van der Waals surface area contributed by atoms with Crippen LogP contribution in [0, 0.1) is 0 Å². The van der Waals surface area contributed by atoms with Crippen molar-refractivity contribution in [1.29, 1.82) is 0 Å². The van der Waals surface area contributed by atoms with Crippen LogP contribution in [0.3, 0.4) is 0 Å². The molecule has 0 fully saturated rings. The molecule has 0 aliphatic heterocycles. The van der Waals surface area contributed by atoms with E-state index in [-0.39, 0.29) is 6.61 Å². The van der Waals surface area contributed by atoms with Gasteiger partial charge in [-0.05, 0) is 23.6 Å². The van der Waals surface area contributed by atoms with Gasteiger partial charge in [-0.3, -0.25) is 0 Å². The second-order valence-corrected chi connectivity index (χ2v) is 2.81. The number of carboxylic acid groups (broad SMARTS) is 1. The van der Waals surface area contributed by atoms with Crippen LogP contribution in [0.25, 0.3) is 0 Å². The summed E-state index contributed by atoms with van der Waals surface area (Å²) in [7, 11) is 0. The molecule has 2 N–H and O–H groups in total. The molecule has 1 rings (SSSR count). The Kier molecular flexibility index (Phi) is 3.03. The summed E-state index contributed by atoms with van der Waals surface area (Å²) in [6, 6.07) is 4.89. The van der Waals surface area contributed by atoms with Gasteiger partial charge in [-0.15, -0.1) is 0 Å². The van der Waals surface area contributed by atoms with E-state index < -0.39 is 5.97 Å². The van der Waals surface area contributed by atoms with E-state index in [4.69, 9.17) is 10.2 Å². The maximum atomic E-state index is 10.7. The number of aliphatic hydroxyl groups excluding tert-OH is 1. The molecule has 0 radical (unpaired) electrons. The van der Waals surface area contributed by atoms with Crippen LogP contribution in [0.5, 0.6) is 0 Å². The van der Waals surface area contributed by atoms with E-state index in [1.54, 1.807) is 12.1 Å². The molecule has 0 saturated heterocycles. The summed E-state index contributed by atoms with van der Waals surface area (Å²) in [5.74, 6) is -0.915. The Labute approximate surface area is 76.6 Å². The molecule has 0 amide bonds. The molecule has 3 heteroatoms. The molecule has 0 atom stereocenters. The second kappa shape index (κ2) is 4.05. The van der Waals surface area contributed by atoms with Crippen molar-refractivity contribution in [2.24, 2.45) is 0 Å². The molecular formula is C10H12O3. The molecule has 0 aliphatic carbocycles. The van der Waals surface area contributed by atoms with Crippen molar-refractivity contribution >= 4 is 5.97 Å². The van der Waals surface area contributed by atoms with Crippen LogP contribution in [0.2, 0.25) is 0 Å². The SMILES string of the molecule is CCc1cc(CO)ccc1C(=O)O. The van der Waals surface area contributed by atoms with Crippen molar-refractivity contribution in [3.05, 3.63) is 34.9 Å². The fourth-order valence-electron chi connectivity index (χ4n) is 1.25. The zero-order valence-corrected chi connectivity index (χ0v) is 7.45. The van der Waals surface area contributed by atoms with Crippen molar-refractivity contribution in [2.75, 3.05) is 0 Å². The van der Waals surface area contributed by atoms with Crippen LogP contribution in [0.15, 0.2) is 18.2 Å². The van der Waals surface area contributed by atoms with Crippen molar-refractivity contribution in [3.63, 3.8) is 0 Å². The fraction of sp³-hybridized carbons (Fsp3) is 0.300. The van der Waals surface area contributed by atoms with Gasteiger partial charge >= 0.3 is 5.97 Å². The highest BCUT2D eigenvalue weighted by molar-refractivity contribution is 5.89. The van der Waals surface area contributed by atoms with E-state index in [0.717, 1.165) is 11.1 Å². The van der Waals surface area contributed by atoms with Gasteiger partial charge in [-0.25, -0.2) is 4.79 Å². The van der Waals surface area contributed by atoms with Gasteiger partial charge in [0, 0.05) is 0 Å². The number of carboxylic acids is 1. The van der Waals surface area contributed by atoms with Crippen LogP contribution in [-0.4, -0.2) is 16.2 Å². The molecular weight excluding hydrogens is 168 g/mol. The molecule has 0 bridgehead atoms. The van der Waals surface area contributed by atoms with Crippen LogP contribution in [0.1, 0.15) is 28.4 Å². The van der Waals surface area contributed by atoms with Gasteiger partial charge < -0.3 is 10.2 Å². The molecule has 70 valence electrons. The Hall–Kier alpha value is -1.35. The molecule has 0 aliphatic rings. The van der Waals surface area contributed by atoms with Crippen LogP contribution < -0.4 is 0 Å². The van der Waals surface area contributed by atoms with Gasteiger partial charge in [0.2, 0.25) is 0 Å². The molecule has 0 saturated carbocycles. The highest BCUT2D eigenvalue weighted by Crippen LogP contribution is 2.12. The van der Waals surface area contributed by atoms with E-state index in [1.165, 1.54) is 6.07 Å². The summed E-state index contributed by atoms with van der Waals surface area (Å²) >= 11 is 0. The third kappa shape index (κ3) is 2.06. The van der Waals surface area contributed by atoms with Crippen molar-refractivity contribution < 1.29 is 15.0 Å². The monoisotopic (exact) mass is 180 g/mol. The first-order chi connectivity index (χ1) is 6.19. The Balaban J connectivity index is 3.15. The Morgan fingerprint density at radius 2 is 2.15 bits per heavy atom. The van der Waals surface area contributed by atoms with E-state index in [2.05, 4.69) is 0 Å². The van der Waals surface area contributed by atoms with E-state index in [0.29, 0.717) is 12.0 Å². The zero-order chi connectivity index (χ0) is 9.84. The third-order valence-corrected chi connectivity index (χ3v) is 1.96. The van der Waals surface area contributed by atoms with Gasteiger partial charge in [0.25, 0.3) is 0 Å². The third-order valence-electron chi connectivity index (χ3n) is 1.96. The lowest BCUT2D eigenvalue weighted by molar-refractivity contribution is 0.0695. The minimum absolute atomic E-state index is 0.0487. The van der Waals surface area contributed by atoms with Crippen LogP contribution >= 0.6 is 0 Å². The normalized spacial score (nSPS) is 10.0. The van der Waals surface area contributed by atoms with Crippen LogP contribution in [-0.2, 0) is 13.0 Å². The summed E-state index contributed by atoms with van der Waals surface area (Å²) in [5, 5.41) is 17.6. The van der Waals surface area contributed by atoms with Gasteiger partial charge in [0.15, 0.2) is 0 Å². The smallest absolute Gasteiger partial charge is 0.335 e. The quantitative estimate of drug-likeness (QED) is 0.740. The number of carbonyl (C=O) groups is 1. The van der Waals surface area contributed by atoms with Gasteiger partial charge in [0.1, 0.15) is 0 Å². The first kappa shape index (κ1) is 9.74. The van der Waals surface area contributed by atoms with Crippen molar-refractivity contribution in [3.8, 4) is 0 Å². The first-order valence-corrected chi connectivity index (χ1v) is 4.15. The Bertz CT molecular complexity index is 318.